The number of hydrogen-bond donors (Lipinski definition) is 2. The van der Waals surface area contributed by atoms with E-state index in [1.54, 1.807) is 0 Å². The number of hydrogen-bond acceptors (Lipinski definition) is 2. The van der Waals surface area contributed by atoms with E-state index in [1.807, 2.05) is 0 Å². The van der Waals surface area contributed by atoms with Crippen LogP contribution in [0.5, 0.6) is 0 Å². The summed E-state index contributed by atoms with van der Waals surface area (Å²) in [6.45, 7) is 20.6. The van der Waals surface area contributed by atoms with Gasteiger partial charge in [0.2, 0.25) is 0 Å². The summed E-state index contributed by atoms with van der Waals surface area (Å²) in [5.41, 5.74) is 0. The molecular formula is C16H36N2. The van der Waals surface area contributed by atoms with Crippen molar-refractivity contribution in [3.8, 4) is 0 Å². The summed E-state index contributed by atoms with van der Waals surface area (Å²) in [5, 5.41) is 7.33. The average Bonchev–Trinajstić information content (AvgIpc) is 2.31. The van der Waals surface area contributed by atoms with Crippen LogP contribution >= 0.6 is 0 Å². The molecule has 4 atom stereocenters. The highest BCUT2D eigenvalue weighted by atomic mass is 15.0. The molecule has 0 aromatic carbocycles. The summed E-state index contributed by atoms with van der Waals surface area (Å²) >= 11 is 0. The minimum Gasteiger partial charge on any atom is -0.314 e. The molecule has 18 heavy (non-hydrogen) atoms. The van der Waals surface area contributed by atoms with Crippen LogP contribution in [0.15, 0.2) is 0 Å². The Morgan fingerprint density at radius 2 is 1.11 bits per heavy atom. The van der Waals surface area contributed by atoms with Crippen LogP contribution in [-0.4, -0.2) is 25.2 Å². The first kappa shape index (κ1) is 17.9. The maximum absolute atomic E-state index is 3.69. The fraction of sp³-hybridized carbons (Fsp3) is 1.00. The molecule has 0 fully saturated rings. The van der Waals surface area contributed by atoms with E-state index in [-0.39, 0.29) is 0 Å². The lowest BCUT2D eigenvalue weighted by Crippen LogP contribution is -2.45. The van der Waals surface area contributed by atoms with E-state index in [2.05, 4.69) is 66.0 Å². The van der Waals surface area contributed by atoms with Gasteiger partial charge in [0.1, 0.15) is 0 Å². The summed E-state index contributed by atoms with van der Waals surface area (Å²) in [5.74, 6) is 2.89. The molecule has 0 saturated heterocycles. The minimum atomic E-state index is 0.570. The molecular weight excluding hydrogens is 220 g/mol. The molecule has 2 heteroatoms. The van der Waals surface area contributed by atoms with Gasteiger partial charge < -0.3 is 10.6 Å². The Bertz CT molecular complexity index is 201. The van der Waals surface area contributed by atoms with Crippen molar-refractivity contribution in [3.05, 3.63) is 0 Å². The first-order valence-corrected chi connectivity index (χ1v) is 7.72. The van der Waals surface area contributed by atoms with Gasteiger partial charge in [-0.15, -0.1) is 0 Å². The summed E-state index contributed by atoms with van der Waals surface area (Å²) < 4.78 is 0. The zero-order chi connectivity index (χ0) is 14.3. The fourth-order valence-electron chi connectivity index (χ4n) is 1.83. The molecule has 0 aromatic heterocycles. The monoisotopic (exact) mass is 256 g/mol. The Labute approximate surface area is 115 Å². The molecule has 110 valence electrons. The molecule has 0 spiro atoms. The predicted octanol–water partition coefficient (Wildman–Crippen LogP) is 3.53. The lowest BCUT2D eigenvalue weighted by molar-refractivity contribution is 0.284. The van der Waals surface area contributed by atoms with Gasteiger partial charge in [0.05, 0.1) is 0 Å². The van der Waals surface area contributed by atoms with Gasteiger partial charge in [-0.25, -0.2) is 0 Å². The van der Waals surface area contributed by atoms with Crippen LogP contribution < -0.4 is 10.6 Å². The third kappa shape index (κ3) is 7.38. The summed E-state index contributed by atoms with van der Waals surface area (Å²) in [6, 6.07) is 1.14. The van der Waals surface area contributed by atoms with Crippen LogP contribution in [0.2, 0.25) is 0 Å². The van der Waals surface area contributed by atoms with Crippen LogP contribution in [0.25, 0.3) is 0 Å². The highest BCUT2D eigenvalue weighted by molar-refractivity contribution is 4.78. The molecule has 2 N–H and O–H groups in total. The van der Waals surface area contributed by atoms with Gasteiger partial charge in [-0.05, 0) is 50.6 Å². The maximum Gasteiger partial charge on any atom is 0.00792 e. The van der Waals surface area contributed by atoms with E-state index in [0.717, 1.165) is 30.8 Å². The number of nitrogens with one attached hydrogen (secondary N) is 2. The molecule has 0 aliphatic heterocycles. The van der Waals surface area contributed by atoms with Crippen molar-refractivity contribution >= 4 is 0 Å². The standard InChI is InChI=1S/C16H36N2/c1-11(2)9-17-15(7)14(6)16(8)18-10-13(5)12(3)4/h11-18H,9-10H2,1-8H3. The van der Waals surface area contributed by atoms with Crippen LogP contribution in [0.1, 0.15) is 55.4 Å². The van der Waals surface area contributed by atoms with Crippen molar-refractivity contribution < 1.29 is 0 Å². The summed E-state index contributed by atoms with van der Waals surface area (Å²) in [4.78, 5) is 0. The van der Waals surface area contributed by atoms with Crippen molar-refractivity contribution in [3.63, 3.8) is 0 Å². The molecule has 0 aliphatic carbocycles. The Hall–Kier alpha value is -0.0800. The van der Waals surface area contributed by atoms with Crippen molar-refractivity contribution in [2.45, 2.75) is 67.5 Å². The molecule has 0 aliphatic rings. The highest BCUT2D eigenvalue weighted by Gasteiger charge is 2.19. The zero-order valence-corrected chi connectivity index (χ0v) is 13.9. The van der Waals surface area contributed by atoms with Crippen LogP contribution in [0.3, 0.4) is 0 Å². The highest BCUT2D eigenvalue weighted by Crippen LogP contribution is 2.12. The molecule has 0 aromatic rings. The van der Waals surface area contributed by atoms with Crippen molar-refractivity contribution in [2.75, 3.05) is 13.1 Å². The first-order chi connectivity index (χ1) is 8.25. The van der Waals surface area contributed by atoms with Gasteiger partial charge >= 0.3 is 0 Å². The largest absolute Gasteiger partial charge is 0.314 e. The summed E-state index contributed by atoms with van der Waals surface area (Å²) in [7, 11) is 0. The van der Waals surface area contributed by atoms with Crippen LogP contribution in [0, 0.1) is 23.7 Å². The van der Waals surface area contributed by atoms with Crippen molar-refractivity contribution in [1.82, 2.24) is 10.6 Å². The van der Waals surface area contributed by atoms with Crippen LogP contribution in [-0.2, 0) is 0 Å². The lowest BCUT2D eigenvalue weighted by atomic mass is 9.93. The van der Waals surface area contributed by atoms with E-state index in [9.17, 15) is 0 Å². The molecule has 0 amide bonds. The Morgan fingerprint density at radius 1 is 0.667 bits per heavy atom. The van der Waals surface area contributed by atoms with E-state index >= 15 is 0 Å². The first-order valence-electron chi connectivity index (χ1n) is 7.72. The molecule has 0 saturated carbocycles. The molecule has 0 heterocycles. The van der Waals surface area contributed by atoms with Gasteiger partial charge in [0, 0.05) is 12.1 Å². The van der Waals surface area contributed by atoms with Crippen LogP contribution in [0.4, 0.5) is 0 Å². The second-order valence-electron chi connectivity index (χ2n) is 6.87. The van der Waals surface area contributed by atoms with Gasteiger partial charge in [-0.2, -0.15) is 0 Å². The molecule has 4 unspecified atom stereocenters. The lowest BCUT2D eigenvalue weighted by Gasteiger charge is -2.30. The van der Waals surface area contributed by atoms with Gasteiger partial charge in [0.25, 0.3) is 0 Å². The fourth-order valence-corrected chi connectivity index (χ4v) is 1.83. The van der Waals surface area contributed by atoms with Gasteiger partial charge in [-0.3, -0.25) is 0 Å². The molecule has 0 rings (SSSR count). The second-order valence-corrected chi connectivity index (χ2v) is 6.87. The topological polar surface area (TPSA) is 24.1 Å². The predicted molar refractivity (Wildman–Crippen MR) is 82.9 cm³/mol. The van der Waals surface area contributed by atoms with Crippen molar-refractivity contribution in [2.24, 2.45) is 23.7 Å². The quantitative estimate of drug-likeness (QED) is 0.659. The van der Waals surface area contributed by atoms with E-state index < -0.39 is 0 Å². The van der Waals surface area contributed by atoms with Gasteiger partial charge in [0.15, 0.2) is 0 Å². The summed E-state index contributed by atoms with van der Waals surface area (Å²) in [6.07, 6.45) is 0. The second kappa shape index (κ2) is 8.92. The third-order valence-electron chi connectivity index (χ3n) is 4.33. The third-order valence-corrected chi connectivity index (χ3v) is 4.33. The van der Waals surface area contributed by atoms with Gasteiger partial charge in [-0.1, -0.05) is 41.5 Å². The SMILES string of the molecule is CC(C)CNC(C)C(C)C(C)NCC(C)C(C)C. The smallest absolute Gasteiger partial charge is 0.00792 e. The van der Waals surface area contributed by atoms with Crippen molar-refractivity contribution in [1.29, 1.82) is 0 Å². The molecule has 0 radical (unpaired) electrons. The van der Waals surface area contributed by atoms with E-state index in [1.165, 1.54) is 0 Å². The number of rotatable bonds is 9. The minimum absolute atomic E-state index is 0.570. The Balaban J connectivity index is 3.97. The zero-order valence-electron chi connectivity index (χ0n) is 13.9. The molecule has 0 bridgehead atoms. The maximum atomic E-state index is 3.69. The normalized spacial score (nSPS) is 19.0. The molecule has 2 nitrogen and oxygen atoms in total. The van der Waals surface area contributed by atoms with E-state index in [4.69, 9.17) is 0 Å². The Kier molecular flexibility index (Phi) is 8.89. The van der Waals surface area contributed by atoms with E-state index in [0.29, 0.717) is 18.0 Å². The average molecular weight is 256 g/mol. The Morgan fingerprint density at radius 3 is 1.50 bits per heavy atom.